The third kappa shape index (κ3) is 2.10. The summed E-state index contributed by atoms with van der Waals surface area (Å²) in [4.78, 5) is 4.38. The smallest absolute Gasteiger partial charge is 0.126 e. The van der Waals surface area contributed by atoms with Crippen LogP contribution in [-0.2, 0) is 5.75 Å². The average Bonchev–Trinajstić information content (AvgIpc) is 2.66. The van der Waals surface area contributed by atoms with Gasteiger partial charge in [-0.25, -0.2) is 0 Å². The molecule has 0 atom stereocenters. The number of aromatic nitrogens is 3. The Bertz CT molecular complexity index is 547. The first-order chi connectivity index (χ1) is 8.66. The zero-order valence-corrected chi connectivity index (χ0v) is 11.3. The minimum absolute atomic E-state index is 0.0871. The standard InChI is InChI=1S/C13H16N4S/c1-13(2)8-18-7-9-11(16-17-12(9)15-13)10-5-3-4-6-14-10/h3-6H,7-8H2,1-2H3,(H2,15,16,17). The second-order valence-electron chi connectivity index (χ2n) is 5.14. The predicted molar refractivity (Wildman–Crippen MR) is 75.7 cm³/mol. The highest BCUT2D eigenvalue weighted by molar-refractivity contribution is 7.98. The summed E-state index contributed by atoms with van der Waals surface area (Å²) < 4.78 is 0. The zero-order valence-electron chi connectivity index (χ0n) is 10.5. The van der Waals surface area contributed by atoms with Gasteiger partial charge >= 0.3 is 0 Å². The lowest BCUT2D eigenvalue weighted by atomic mass is 10.1. The number of hydrogen-bond donors (Lipinski definition) is 2. The summed E-state index contributed by atoms with van der Waals surface area (Å²) in [6.07, 6.45) is 1.80. The maximum Gasteiger partial charge on any atom is 0.126 e. The van der Waals surface area contributed by atoms with Gasteiger partial charge in [0, 0.05) is 28.8 Å². The van der Waals surface area contributed by atoms with Crippen molar-refractivity contribution in [2.75, 3.05) is 11.1 Å². The Labute approximate surface area is 111 Å². The first-order valence-electron chi connectivity index (χ1n) is 6.00. The molecule has 4 nitrogen and oxygen atoms in total. The van der Waals surface area contributed by atoms with Gasteiger partial charge < -0.3 is 5.32 Å². The molecule has 18 heavy (non-hydrogen) atoms. The van der Waals surface area contributed by atoms with Crippen LogP contribution in [0.2, 0.25) is 0 Å². The summed E-state index contributed by atoms with van der Waals surface area (Å²) in [5.74, 6) is 3.08. The van der Waals surface area contributed by atoms with Crippen molar-refractivity contribution in [1.82, 2.24) is 15.2 Å². The van der Waals surface area contributed by atoms with Gasteiger partial charge in [-0.3, -0.25) is 10.1 Å². The molecule has 94 valence electrons. The number of pyridine rings is 1. The molecule has 0 saturated heterocycles. The van der Waals surface area contributed by atoms with E-state index in [1.807, 2.05) is 30.0 Å². The van der Waals surface area contributed by atoms with Crippen molar-refractivity contribution in [3.63, 3.8) is 0 Å². The summed E-state index contributed by atoms with van der Waals surface area (Å²) in [5, 5.41) is 11.0. The minimum Gasteiger partial charge on any atom is -0.364 e. The summed E-state index contributed by atoms with van der Waals surface area (Å²) in [6.45, 7) is 4.41. The van der Waals surface area contributed by atoms with Crippen molar-refractivity contribution in [2.24, 2.45) is 0 Å². The van der Waals surface area contributed by atoms with E-state index >= 15 is 0 Å². The number of hydrogen-bond acceptors (Lipinski definition) is 4. The van der Waals surface area contributed by atoms with Crippen molar-refractivity contribution < 1.29 is 0 Å². The van der Waals surface area contributed by atoms with Crippen LogP contribution in [0, 0.1) is 0 Å². The van der Waals surface area contributed by atoms with Crippen LogP contribution in [0.25, 0.3) is 11.4 Å². The molecule has 2 N–H and O–H groups in total. The van der Waals surface area contributed by atoms with Gasteiger partial charge in [-0.2, -0.15) is 16.9 Å². The van der Waals surface area contributed by atoms with Gasteiger partial charge in [-0.15, -0.1) is 0 Å². The molecule has 3 heterocycles. The van der Waals surface area contributed by atoms with E-state index in [2.05, 4.69) is 34.3 Å². The summed E-state index contributed by atoms with van der Waals surface area (Å²) in [6, 6.07) is 5.91. The lowest BCUT2D eigenvalue weighted by Gasteiger charge is -2.23. The second kappa shape index (κ2) is 4.31. The van der Waals surface area contributed by atoms with Gasteiger partial charge in [0.05, 0.1) is 5.69 Å². The highest BCUT2D eigenvalue weighted by atomic mass is 32.2. The molecule has 1 aliphatic rings. The Morgan fingerprint density at radius 1 is 1.33 bits per heavy atom. The van der Waals surface area contributed by atoms with E-state index in [0.29, 0.717) is 0 Å². The van der Waals surface area contributed by atoms with Gasteiger partial charge in [-0.05, 0) is 26.0 Å². The molecule has 0 aromatic carbocycles. The highest BCUT2D eigenvalue weighted by Crippen LogP contribution is 2.34. The first kappa shape index (κ1) is 11.6. The van der Waals surface area contributed by atoms with Crippen LogP contribution >= 0.6 is 11.8 Å². The zero-order chi connectivity index (χ0) is 12.6. The van der Waals surface area contributed by atoms with Crippen LogP contribution in [-0.4, -0.2) is 26.5 Å². The van der Waals surface area contributed by atoms with Gasteiger partial charge in [0.25, 0.3) is 0 Å². The van der Waals surface area contributed by atoms with Gasteiger partial charge in [-0.1, -0.05) is 6.07 Å². The van der Waals surface area contributed by atoms with Crippen molar-refractivity contribution in [1.29, 1.82) is 0 Å². The molecule has 0 amide bonds. The Balaban J connectivity index is 2.03. The Kier molecular flexibility index (Phi) is 2.78. The number of fused-ring (bicyclic) bond motifs is 1. The van der Waals surface area contributed by atoms with E-state index < -0.39 is 0 Å². The fourth-order valence-electron chi connectivity index (χ4n) is 2.11. The van der Waals surface area contributed by atoms with Crippen LogP contribution in [0.5, 0.6) is 0 Å². The molecule has 0 bridgehead atoms. The van der Waals surface area contributed by atoms with E-state index in [-0.39, 0.29) is 5.54 Å². The van der Waals surface area contributed by atoms with Gasteiger partial charge in [0.1, 0.15) is 11.5 Å². The van der Waals surface area contributed by atoms with Gasteiger partial charge in [0.15, 0.2) is 0 Å². The number of thioether (sulfide) groups is 1. The lowest BCUT2D eigenvalue weighted by molar-refractivity contribution is 0.643. The molecule has 0 spiro atoms. The first-order valence-corrected chi connectivity index (χ1v) is 7.16. The predicted octanol–water partition coefficient (Wildman–Crippen LogP) is 2.91. The molecule has 2 aromatic heterocycles. The van der Waals surface area contributed by atoms with E-state index in [0.717, 1.165) is 28.7 Å². The summed E-state index contributed by atoms with van der Waals surface area (Å²) >= 11 is 1.93. The van der Waals surface area contributed by atoms with Crippen molar-refractivity contribution in [3.05, 3.63) is 30.0 Å². The third-order valence-corrected chi connectivity index (χ3v) is 4.37. The SMILES string of the molecule is CC1(C)CSCc2c(-c3ccccn3)n[nH]c2N1. The maximum atomic E-state index is 4.41. The molecule has 3 rings (SSSR count). The van der Waals surface area contributed by atoms with Crippen molar-refractivity contribution in [3.8, 4) is 11.4 Å². The molecule has 0 radical (unpaired) electrons. The fraction of sp³-hybridized carbons (Fsp3) is 0.385. The highest BCUT2D eigenvalue weighted by Gasteiger charge is 2.26. The Morgan fingerprint density at radius 2 is 2.22 bits per heavy atom. The molecule has 2 aromatic rings. The van der Waals surface area contributed by atoms with Crippen LogP contribution in [0.3, 0.4) is 0 Å². The van der Waals surface area contributed by atoms with Crippen molar-refractivity contribution >= 4 is 17.6 Å². The average molecular weight is 260 g/mol. The fourth-order valence-corrected chi connectivity index (χ4v) is 3.28. The normalized spacial score (nSPS) is 17.7. The number of nitrogens with zero attached hydrogens (tertiary/aromatic N) is 2. The van der Waals surface area contributed by atoms with E-state index in [4.69, 9.17) is 0 Å². The third-order valence-electron chi connectivity index (χ3n) is 2.95. The monoisotopic (exact) mass is 260 g/mol. The van der Waals surface area contributed by atoms with Crippen LogP contribution in [0.1, 0.15) is 19.4 Å². The van der Waals surface area contributed by atoms with Crippen LogP contribution in [0.4, 0.5) is 5.82 Å². The minimum atomic E-state index is 0.0871. The molecule has 1 aliphatic heterocycles. The molecular weight excluding hydrogens is 244 g/mol. The van der Waals surface area contributed by atoms with E-state index in [1.54, 1.807) is 6.20 Å². The van der Waals surface area contributed by atoms with Gasteiger partial charge in [0.2, 0.25) is 0 Å². The van der Waals surface area contributed by atoms with Crippen molar-refractivity contribution in [2.45, 2.75) is 25.1 Å². The molecule has 0 fully saturated rings. The number of anilines is 1. The Morgan fingerprint density at radius 3 is 3.00 bits per heavy atom. The molecular formula is C13H16N4S. The molecule has 0 unspecified atom stereocenters. The largest absolute Gasteiger partial charge is 0.364 e. The number of aromatic amines is 1. The maximum absolute atomic E-state index is 4.41. The number of H-pyrrole nitrogens is 1. The topological polar surface area (TPSA) is 53.6 Å². The molecule has 0 saturated carbocycles. The van der Waals surface area contributed by atoms with Crippen LogP contribution < -0.4 is 5.32 Å². The molecule has 0 aliphatic carbocycles. The second-order valence-corrected chi connectivity index (χ2v) is 6.13. The molecule has 5 heteroatoms. The van der Waals surface area contributed by atoms with Crippen LogP contribution in [0.15, 0.2) is 24.4 Å². The Hall–Kier alpha value is -1.49. The van der Waals surface area contributed by atoms with E-state index in [9.17, 15) is 0 Å². The number of rotatable bonds is 1. The number of nitrogens with one attached hydrogen (secondary N) is 2. The lowest BCUT2D eigenvalue weighted by Crippen LogP contribution is -2.33. The summed E-state index contributed by atoms with van der Waals surface area (Å²) in [7, 11) is 0. The van der Waals surface area contributed by atoms with E-state index in [1.165, 1.54) is 5.56 Å². The quantitative estimate of drug-likeness (QED) is 0.828. The summed E-state index contributed by atoms with van der Waals surface area (Å²) in [5.41, 5.74) is 3.20.